The minimum Gasteiger partial charge on any atom is -0.465 e. The lowest BCUT2D eigenvalue weighted by molar-refractivity contribution is 0.0598. The van der Waals surface area contributed by atoms with E-state index in [1.807, 2.05) is 44.2 Å². The van der Waals surface area contributed by atoms with Crippen molar-refractivity contribution in [3.8, 4) is 11.8 Å². The number of aromatic nitrogens is 2. The molecule has 0 N–H and O–H groups in total. The third-order valence-electron chi connectivity index (χ3n) is 3.42. The van der Waals surface area contributed by atoms with Crippen molar-refractivity contribution in [2.45, 2.75) is 13.8 Å². The highest BCUT2D eigenvalue weighted by molar-refractivity contribution is 5.98. The molecule has 2 aromatic carbocycles. The highest BCUT2D eigenvalue weighted by atomic mass is 16.5. The number of aryl methyl sites for hydroxylation is 2. The molecule has 116 valence electrons. The number of ether oxygens (including phenoxy) is 2. The molecule has 0 radical (unpaired) electrons. The zero-order valence-electron chi connectivity index (χ0n) is 13.2. The van der Waals surface area contributed by atoms with Gasteiger partial charge in [-0.3, -0.25) is 0 Å². The summed E-state index contributed by atoms with van der Waals surface area (Å²) in [5.41, 5.74) is 1.94. The van der Waals surface area contributed by atoms with Crippen molar-refractivity contribution in [2.24, 2.45) is 0 Å². The maximum atomic E-state index is 12.1. The summed E-state index contributed by atoms with van der Waals surface area (Å²) in [6, 6.07) is 13.3. The lowest BCUT2D eigenvalue weighted by Crippen LogP contribution is -2.05. The summed E-state index contributed by atoms with van der Waals surface area (Å²) in [7, 11) is 1.34. The number of esters is 1. The van der Waals surface area contributed by atoms with Gasteiger partial charge < -0.3 is 9.47 Å². The Morgan fingerprint density at radius 1 is 0.957 bits per heavy atom. The van der Waals surface area contributed by atoms with Crippen molar-refractivity contribution in [1.29, 1.82) is 0 Å². The highest BCUT2D eigenvalue weighted by Crippen LogP contribution is 2.29. The summed E-state index contributed by atoms with van der Waals surface area (Å²) in [6.07, 6.45) is 0. The van der Waals surface area contributed by atoms with E-state index in [-0.39, 0.29) is 6.01 Å². The molecule has 0 aliphatic heterocycles. The molecule has 0 bridgehead atoms. The fourth-order valence-electron chi connectivity index (χ4n) is 2.41. The minimum atomic E-state index is -0.463. The van der Waals surface area contributed by atoms with Crippen molar-refractivity contribution in [3.05, 3.63) is 59.4 Å². The van der Waals surface area contributed by atoms with Crippen LogP contribution in [0.2, 0.25) is 0 Å². The van der Waals surface area contributed by atoms with Gasteiger partial charge in [0.15, 0.2) is 0 Å². The van der Waals surface area contributed by atoms with E-state index in [9.17, 15) is 4.79 Å². The Balaban J connectivity index is 2.12. The van der Waals surface area contributed by atoms with Crippen LogP contribution >= 0.6 is 0 Å². The molecule has 3 rings (SSSR count). The fourth-order valence-corrected chi connectivity index (χ4v) is 2.41. The normalized spacial score (nSPS) is 10.6. The van der Waals surface area contributed by atoms with Gasteiger partial charge in [0, 0.05) is 11.4 Å². The van der Waals surface area contributed by atoms with Crippen LogP contribution in [-0.2, 0) is 4.74 Å². The third kappa shape index (κ3) is 3.13. The van der Waals surface area contributed by atoms with Gasteiger partial charge in [-0.25, -0.2) is 14.8 Å². The molecule has 0 amide bonds. The van der Waals surface area contributed by atoms with Crippen LogP contribution in [0.4, 0.5) is 0 Å². The van der Waals surface area contributed by atoms with Gasteiger partial charge in [-0.2, -0.15) is 0 Å². The minimum absolute atomic E-state index is 0.211. The molecule has 5 nitrogen and oxygen atoms in total. The van der Waals surface area contributed by atoms with Crippen LogP contribution in [0.15, 0.2) is 42.5 Å². The van der Waals surface area contributed by atoms with Gasteiger partial charge in [0.2, 0.25) is 0 Å². The average Bonchev–Trinajstić information content (AvgIpc) is 2.52. The summed E-state index contributed by atoms with van der Waals surface area (Å²) in [4.78, 5) is 20.6. The lowest BCUT2D eigenvalue weighted by atomic mass is 10.1. The van der Waals surface area contributed by atoms with Crippen LogP contribution in [0.5, 0.6) is 11.8 Å². The second-order valence-electron chi connectivity index (χ2n) is 5.22. The van der Waals surface area contributed by atoms with E-state index in [0.29, 0.717) is 11.3 Å². The van der Waals surface area contributed by atoms with E-state index >= 15 is 0 Å². The number of benzene rings is 2. The summed E-state index contributed by atoms with van der Waals surface area (Å²) >= 11 is 0. The van der Waals surface area contributed by atoms with Gasteiger partial charge in [0.1, 0.15) is 11.3 Å². The molecule has 0 atom stereocenters. The molecule has 0 saturated carbocycles. The lowest BCUT2D eigenvalue weighted by Gasteiger charge is -2.11. The predicted molar refractivity (Wildman–Crippen MR) is 86.9 cm³/mol. The molecule has 0 aliphatic carbocycles. The molecule has 23 heavy (non-hydrogen) atoms. The maximum absolute atomic E-state index is 12.1. The van der Waals surface area contributed by atoms with E-state index in [1.165, 1.54) is 7.11 Å². The number of nitrogens with zero attached hydrogens (tertiary/aromatic N) is 2. The fraction of sp³-hybridized carbons (Fsp3) is 0.167. The third-order valence-corrected chi connectivity index (χ3v) is 3.42. The molecular formula is C18H16N2O3. The van der Waals surface area contributed by atoms with Gasteiger partial charge in [-0.05, 0) is 42.8 Å². The Morgan fingerprint density at radius 3 is 2.17 bits per heavy atom. The van der Waals surface area contributed by atoms with E-state index in [2.05, 4.69) is 9.97 Å². The van der Waals surface area contributed by atoms with Crippen molar-refractivity contribution < 1.29 is 14.3 Å². The monoisotopic (exact) mass is 308 g/mol. The molecule has 3 aromatic rings. The zero-order chi connectivity index (χ0) is 16.4. The quantitative estimate of drug-likeness (QED) is 0.688. The van der Waals surface area contributed by atoms with Crippen molar-refractivity contribution >= 4 is 16.7 Å². The molecule has 0 spiro atoms. The summed E-state index contributed by atoms with van der Waals surface area (Å²) in [6.45, 7) is 3.73. The van der Waals surface area contributed by atoms with Crippen LogP contribution in [0.3, 0.4) is 0 Å². The number of hydrogen-bond donors (Lipinski definition) is 0. The van der Waals surface area contributed by atoms with Crippen LogP contribution in [0.25, 0.3) is 10.8 Å². The van der Waals surface area contributed by atoms with Crippen molar-refractivity contribution in [3.63, 3.8) is 0 Å². The van der Waals surface area contributed by atoms with Crippen molar-refractivity contribution in [2.75, 3.05) is 7.11 Å². The number of rotatable bonds is 3. The van der Waals surface area contributed by atoms with Gasteiger partial charge in [-0.1, -0.05) is 24.3 Å². The predicted octanol–water partition coefficient (Wildman–Crippen LogP) is 3.83. The van der Waals surface area contributed by atoms with Crippen LogP contribution in [-0.4, -0.2) is 23.0 Å². The Kier molecular flexibility index (Phi) is 3.93. The molecule has 5 heteroatoms. The first kappa shape index (κ1) is 15.0. The Bertz CT molecular complexity index is 870. The van der Waals surface area contributed by atoms with Gasteiger partial charge in [0.05, 0.1) is 7.11 Å². The molecule has 1 aromatic heterocycles. The SMILES string of the molecule is COC(=O)c1cc2ccccc2cc1Oc1nc(C)cc(C)n1. The smallest absolute Gasteiger partial charge is 0.341 e. The van der Waals surface area contributed by atoms with E-state index < -0.39 is 5.97 Å². The van der Waals surface area contributed by atoms with Gasteiger partial charge in [0.25, 0.3) is 0 Å². The number of carbonyl (C=O) groups excluding carboxylic acids is 1. The number of hydrogen-bond acceptors (Lipinski definition) is 5. The second kappa shape index (κ2) is 6.04. The van der Waals surface area contributed by atoms with E-state index in [1.54, 1.807) is 12.1 Å². The maximum Gasteiger partial charge on any atom is 0.341 e. The summed E-state index contributed by atoms with van der Waals surface area (Å²) in [5.74, 6) is -0.0873. The Labute approximate surface area is 133 Å². The Morgan fingerprint density at radius 2 is 1.57 bits per heavy atom. The molecule has 1 heterocycles. The highest BCUT2D eigenvalue weighted by Gasteiger charge is 2.16. The van der Waals surface area contributed by atoms with Gasteiger partial charge >= 0.3 is 12.0 Å². The molecule has 0 aliphatic rings. The molecule has 0 unspecified atom stereocenters. The molecule has 0 fully saturated rings. The average molecular weight is 308 g/mol. The van der Waals surface area contributed by atoms with Crippen LogP contribution in [0.1, 0.15) is 21.7 Å². The number of methoxy groups -OCH3 is 1. The summed E-state index contributed by atoms with van der Waals surface area (Å²) in [5, 5.41) is 1.89. The number of fused-ring (bicyclic) bond motifs is 1. The van der Waals surface area contributed by atoms with Crippen LogP contribution in [0, 0.1) is 13.8 Å². The Hall–Kier alpha value is -2.95. The summed E-state index contributed by atoms with van der Waals surface area (Å²) < 4.78 is 10.6. The first-order valence-corrected chi connectivity index (χ1v) is 7.18. The first-order valence-electron chi connectivity index (χ1n) is 7.18. The zero-order valence-corrected chi connectivity index (χ0v) is 13.2. The molecule has 0 saturated heterocycles. The van der Waals surface area contributed by atoms with Gasteiger partial charge in [-0.15, -0.1) is 0 Å². The first-order chi connectivity index (χ1) is 11.1. The number of carbonyl (C=O) groups is 1. The largest absolute Gasteiger partial charge is 0.465 e. The molecular weight excluding hydrogens is 292 g/mol. The standard InChI is InChI=1S/C18H16N2O3/c1-11-8-12(2)20-18(19-11)23-16-10-14-7-5-4-6-13(14)9-15(16)17(21)22-3/h4-10H,1-3H3. The van der Waals surface area contributed by atoms with E-state index in [4.69, 9.17) is 9.47 Å². The topological polar surface area (TPSA) is 61.3 Å². The van der Waals surface area contributed by atoms with E-state index in [0.717, 1.165) is 22.2 Å². The second-order valence-corrected chi connectivity index (χ2v) is 5.22. The van der Waals surface area contributed by atoms with Crippen LogP contribution < -0.4 is 4.74 Å². The van der Waals surface area contributed by atoms with Crippen molar-refractivity contribution in [1.82, 2.24) is 9.97 Å².